The average Bonchev–Trinajstić information content (AvgIpc) is 3.00. The van der Waals surface area contributed by atoms with E-state index in [1.54, 1.807) is 0 Å². The Morgan fingerprint density at radius 1 is 1.03 bits per heavy atom. The normalized spacial score (nSPS) is 26.2. The minimum absolute atomic E-state index is 0. The van der Waals surface area contributed by atoms with E-state index in [0.29, 0.717) is 24.4 Å². The topological polar surface area (TPSA) is 87.5 Å². The van der Waals surface area contributed by atoms with Crippen LogP contribution in [0.3, 0.4) is 0 Å². The van der Waals surface area contributed by atoms with Crippen LogP contribution in [0.25, 0.3) is 0 Å². The van der Waals surface area contributed by atoms with Crippen LogP contribution in [0.4, 0.5) is 11.4 Å². The van der Waals surface area contributed by atoms with Gasteiger partial charge in [-0.05, 0) is 56.6 Å². The number of hydrogen-bond donors (Lipinski definition) is 3. The Balaban J connectivity index is 0.00000150. The number of nitrogens with zero attached hydrogens (tertiary/aromatic N) is 1. The van der Waals surface area contributed by atoms with Crippen LogP contribution in [-0.4, -0.2) is 37.0 Å². The number of rotatable bonds is 5. The summed E-state index contributed by atoms with van der Waals surface area (Å²) in [6.45, 7) is 1.58. The van der Waals surface area contributed by atoms with E-state index in [4.69, 9.17) is 5.73 Å². The van der Waals surface area contributed by atoms with Gasteiger partial charge in [-0.2, -0.15) is 0 Å². The number of piperidine rings is 2. The van der Waals surface area contributed by atoms with Crippen molar-refractivity contribution in [1.82, 2.24) is 5.32 Å². The van der Waals surface area contributed by atoms with Gasteiger partial charge < -0.3 is 21.3 Å². The van der Waals surface area contributed by atoms with Gasteiger partial charge in [-0.15, -0.1) is 24.8 Å². The summed E-state index contributed by atoms with van der Waals surface area (Å²) in [5.74, 6) is 0.369. The van der Waals surface area contributed by atoms with Crippen LogP contribution in [0.15, 0.2) is 24.3 Å². The highest BCUT2D eigenvalue weighted by Crippen LogP contribution is 2.34. The first-order valence-electron chi connectivity index (χ1n) is 10.3. The number of benzene rings is 1. The maximum absolute atomic E-state index is 12.7. The summed E-state index contributed by atoms with van der Waals surface area (Å²) in [5.41, 5.74) is 7.35. The molecule has 2 atom stereocenters. The number of carbonyl (C=O) groups is 2. The first kappa shape index (κ1) is 23.8. The molecule has 3 saturated heterocycles. The molecule has 3 heterocycles. The van der Waals surface area contributed by atoms with E-state index in [2.05, 4.69) is 15.5 Å². The van der Waals surface area contributed by atoms with Crippen LogP contribution in [0.2, 0.25) is 0 Å². The fourth-order valence-electron chi connectivity index (χ4n) is 5.07. The minimum Gasteiger partial charge on any atom is -0.370 e. The molecule has 29 heavy (non-hydrogen) atoms. The van der Waals surface area contributed by atoms with Crippen molar-refractivity contribution in [3.63, 3.8) is 0 Å². The molecule has 0 aliphatic carbocycles. The second-order valence-electron chi connectivity index (χ2n) is 8.41. The SMILES string of the molecule is Cl.Cl.NC(=O)C1CCN(c2ccccc2NC(=O)CC2CC3CCC(C2)N3)CC1. The van der Waals surface area contributed by atoms with Gasteiger partial charge in [-0.1, -0.05) is 12.1 Å². The van der Waals surface area contributed by atoms with Gasteiger partial charge in [0.25, 0.3) is 0 Å². The number of halogens is 2. The van der Waals surface area contributed by atoms with E-state index < -0.39 is 0 Å². The summed E-state index contributed by atoms with van der Waals surface area (Å²) < 4.78 is 0. The van der Waals surface area contributed by atoms with Crippen LogP contribution >= 0.6 is 24.8 Å². The van der Waals surface area contributed by atoms with E-state index in [1.807, 2.05) is 24.3 Å². The summed E-state index contributed by atoms with van der Waals surface area (Å²) in [7, 11) is 0. The minimum atomic E-state index is -0.202. The van der Waals surface area contributed by atoms with Crippen LogP contribution in [0.1, 0.15) is 44.9 Å². The van der Waals surface area contributed by atoms with Gasteiger partial charge in [-0.3, -0.25) is 9.59 Å². The molecular formula is C21H32Cl2N4O2. The maximum atomic E-state index is 12.7. The summed E-state index contributed by atoms with van der Waals surface area (Å²) in [6, 6.07) is 9.20. The van der Waals surface area contributed by atoms with Crippen LogP contribution < -0.4 is 21.3 Å². The molecule has 6 nitrogen and oxygen atoms in total. The molecule has 0 spiro atoms. The van der Waals surface area contributed by atoms with Crippen LogP contribution in [-0.2, 0) is 9.59 Å². The molecule has 8 heteroatoms. The van der Waals surface area contributed by atoms with Crippen molar-refractivity contribution in [2.45, 2.75) is 57.0 Å². The van der Waals surface area contributed by atoms with E-state index in [9.17, 15) is 9.59 Å². The van der Waals surface area contributed by atoms with Crippen molar-refractivity contribution in [3.05, 3.63) is 24.3 Å². The van der Waals surface area contributed by atoms with Crippen molar-refractivity contribution in [2.24, 2.45) is 17.6 Å². The maximum Gasteiger partial charge on any atom is 0.224 e. The van der Waals surface area contributed by atoms with Crippen molar-refractivity contribution in [1.29, 1.82) is 0 Å². The summed E-state index contributed by atoms with van der Waals surface area (Å²) in [5, 5.41) is 6.78. The lowest BCUT2D eigenvalue weighted by atomic mass is 9.89. The molecule has 0 radical (unpaired) electrons. The molecule has 4 N–H and O–H groups in total. The molecule has 3 aliphatic rings. The fourth-order valence-corrected chi connectivity index (χ4v) is 5.07. The molecule has 3 aliphatic heterocycles. The zero-order valence-corrected chi connectivity index (χ0v) is 18.3. The predicted octanol–water partition coefficient (Wildman–Crippen LogP) is 3.09. The van der Waals surface area contributed by atoms with Gasteiger partial charge in [-0.25, -0.2) is 0 Å². The number of anilines is 2. The second kappa shape index (κ2) is 10.5. The van der Waals surface area contributed by atoms with Crippen molar-refractivity contribution in [3.8, 4) is 0 Å². The Kier molecular flexibility index (Phi) is 8.61. The van der Waals surface area contributed by atoms with E-state index in [-0.39, 0.29) is 42.5 Å². The fraction of sp³-hybridized carbons (Fsp3) is 0.619. The number of primary amides is 1. The number of nitrogens with one attached hydrogen (secondary N) is 2. The Bertz CT molecular complexity index is 698. The van der Waals surface area contributed by atoms with E-state index in [1.165, 1.54) is 12.8 Å². The molecule has 1 aromatic carbocycles. The molecule has 2 bridgehead atoms. The largest absolute Gasteiger partial charge is 0.370 e. The first-order valence-corrected chi connectivity index (χ1v) is 10.3. The summed E-state index contributed by atoms with van der Waals surface area (Å²) in [4.78, 5) is 26.3. The van der Waals surface area contributed by atoms with Gasteiger partial charge in [0.15, 0.2) is 0 Å². The molecule has 2 amide bonds. The zero-order valence-electron chi connectivity index (χ0n) is 16.6. The molecule has 0 aromatic heterocycles. The average molecular weight is 443 g/mol. The predicted molar refractivity (Wildman–Crippen MR) is 121 cm³/mol. The number of fused-ring (bicyclic) bond motifs is 2. The summed E-state index contributed by atoms with van der Waals surface area (Å²) >= 11 is 0. The first-order chi connectivity index (χ1) is 13.1. The highest BCUT2D eigenvalue weighted by molar-refractivity contribution is 5.94. The van der Waals surface area contributed by atoms with E-state index in [0.717, 1.165) is 50.1 Å². The highest BCUT2D eigenvalue weighted by atomic mass is 35.5. The molecule has 162 valence electrons. The van der Waals surface area contributed by atoms with Gasteiger partial charge in [0, 0.05) is 37.5 Å². The lowest BCUT2D eigenvalue weighted by molar-refractivity contribution is -0.122. The van der Waals surface area contributed by atoms with Crippen LogP contribution in [0, 0.1) is 11.8 Å². The second-order valence-corrected chi connectivity index (χ2v) is 8.41. The molecule has 1 aromatic rings. The standard InChI is InChI=1S/C21H30N4O2.2ClH/c22-21(27)15-7-9-25(10-8-15)19-4-2-1-3-18(19)24-20(26)13-14-11-16-5-6-17(12-14)23-16;;/h1-4,14-17,23H,5-13H2,(H2,22,27)(H,24,26);2*1H. The Hall–Kier alpha value is -1.50. The van der Waals surface area contributed by atoms with Gasteiger partial charge >= 0.3 is 0 Å². The third-order valence-corrected chi connectivity index (χ3v) is 6.46. The smallest absolute Gasteiger partial charge is 0.224 e. The molecule has 3 fully saturated rings. The van der Waals surface area contributed by atoms with Crippen molar-refractivity contribution >= 4 is 48.0 Å². The third-order valence-electron chi connectivity index (χ3n) is 6.46. The number of carbonyl (C=O) groups excluding carboxylic acids is 2. The van der Waals surface area contributed by atoms with Crippen molar-refractivity contribution in [2.75, 3.05) is 23.3 Å². The quantitative estimate of drug-likeness (QED) is 0.653. The summed E-state index contributed by atoms with van der Waals surface area (Å²) in [6.07, 6.45) is 6.90. The third kappa shape index (κ3) is 5.77. The molecular weight excluding hydrogens is 411 g/mol. The van der Waals surface area contributed by atoms with Gasteiger partial charge in [0.2, 0.25) is 11.8 Å². The lowest BCUT2D eigenvalue weighted by Crippen LogP contribution is -2.39. The molecule has 4 rings (SSSR count). The van der Waals surface area contributed by atoms with Crippen molar-refractivity contribution < 1.29 is 9.59 Å². The highest BCUT2D eigenvalue weighted by Gasteiger charge is 2.34. The van der Waals surface area contributed by atoms with Gasteiger partial charge in [0.1, 0.15) is 0 Å². The Morgan fingerprint density at radius 2 is 1.66 bits per heavy atom. The lowest BCUT2D eigenvalue weighted by Gasteiger charge is -2.33. The number of para-hydroxylation sites is 2. The Morgan fingerprint density at radius 3 is 2.28 bits per heavy atom. The number of hydrogen-bond acceptors (Lipinski definition) is 4. The van der Waals surface area contributed by atoms with E-state index >= 15 is 0 Å². The van der Waals surface area contributed by atoms with Crippen LogP contribution in [0.5, 0.6) is 0 Å². The Labute approximate surface area is 185 Å². The monoisotopic (exact) mass is 442 g/mol. The number of amides is 2. The van der Waals surface area contributed by atoms with Gasteiger partial charge in [0.05, 0.1) is 11.4 Å². The number of nitrogens with two attached hydrogens (primary N) is 1. The molecule has 2 unspecified atom stereocenters. The molecule has 0 saturated carbocycles. The zero-order chi connectivity index (χ0) is 18.8.